The molecule has 5 atom stereocenters. The molecule has 11 heteroatoms. The Morgan fingerprint density at radius 1 is 1.27 bits per heavy atom. The number of alkyl halides is 2. The van der Waals surface area contributed by atoms with Crippen LogP contribution in [0.4, 0.5) is 19.0 Å². The smallest absolute Gasteiger partial charge is 0.319 e. The quantitative estimate of drug-likeness (QED) is 0.310. The Balaban J connectivity index is 1.32. The SMILES string of the molecule is [2H]C([2H])(Oc1nc(N2CCOC[C@H]3[C@H](F)[C@H]32)c2cnc(-c3cc(O)cc4ccc(C)c(C#C)c34)c(F)c2n1)[C@@]12CCCN1C[C@H](F)C2. The number of phenols is 1. The lowest BCUT2D eigenvalue weighted by Gasteiger charge is -2.31. The van der Waals surface area contributed by atoms with Crippen molar-refractivity contribution in [2.24, 2.45) is 5.92 Å². The molecule has 2 aromatic heterocycles. The van der Waals surface area contributed by atoms with E-state index in [-0.39, 0.29) is 66.5 Å². The largest absolute Gasteiger partial charge is 0.508 e. The lowest BCUT2D eigenvalue weighted by Crippen LogP contribution is -2.43. The molecule has 4 aliphatic rings. The maximum absolute atomic E-state index is 16.9. The van der Waals surface area contributed by atoms with E-state index < -0.39 is 48.2 Å². The van der Waals surface area contributed by atoms with Crippen molar-refractivity contribution in [1.29, 1.82) is 0 Å². The van der Waals surface area contributed by atoms with Gasteiger partial charge in [-0.25, -0.2) is 13.2 Å². The first-order valence-corrected chi connectivity index (χ1v) is 15.2. The number of hydrogen-bond donors (Lipinski definition) is 1. The van der Waals surface area contributed by atoms with E-state index in [9.17, 15) is 13.9 Å². The van der Waals surface area contributed by atoms with Gasteiger partial charge in [0.15, 0.2) is 5.82 Å². The first-order valence-electron chi connectivity index (χ1n) is 16.2. The van der Waals surface area contributed by atoms with Crippen LogP contribution in [-0.4, -0.2) is 88.3 Å². The van der Waals surface area contributed by atoms with E-state index in [2.05, 4.69) is 20.9 Å². The van der Waals surface area contributed by atoms with E-state index in [1.54, 1.807) is 15.9 Å². The van der Waals surface area contributed by atoms with Crippen LogP contribution >= 0.6 is 0 Å². The lowest BCUT2D eigenvalue weighted by molar-refractivity contribution is 0.107. The molecule has 8 rings (SSSR count). The number of nitrogens with zero attached hydrogens (tertiary/aromatic N) is 5. The molecule has 4 aromatic rings. The molecule has 1 N–H and O–H groups in total. The summed E-state index contributed by atoms with van der Waals surface area (Å²) >= 11 is 0. The summed E-state index contributed by atoms with van der Waals surface area (Å²) in [6, 6.07) is 5.47. The van der Waals surface area contributed by atoms with Gasteiger partial charge < -0.3 is 19.5 Å². The van der Waals surface area contributed by atoms with Gasteiger partial charge in [0.25, 0.3) is 0 Å². The summed E-state index contributed by atoms with van der Waals surface area (Å²) < 4.78 is 76.1. The number of rotatable bonds is 5. The molecule has 1 saturated carbocycles. The van der Waals surface area contributed by atoms with Crippen LogP contribution in [0.25, 0.3) is 32.9 Å². The second-order valence-electron chi connectivity index (χ2n) is 12.5. The van der Waals surface area contributed by atoms with E-state index in [1.807, 2.05) is 13.0 Å². The van der Waals surface area contributed by atoms with Crippen molar-refractivity contribution >= 4 is 27.5 Å². The molecule has 0 unspecified atom stereocenters. The highest BCUT2D eigenvalue weighted by molar-refractivity contribution is 6.03. The fourth-order valence-corrected chi connectivity index (χ4v) is 7.49. The third-order valence-electron chi connectivity index (χ3n) is 9.74. The molecule has 0 bridgehead atoms. The van der Waals surface area contributed by atoms with Gasteiger partial charge in [0.1, 0.15) is 41.7 Å². The normalized spacial score (nSPS) is 28.7. The number of phenolic OH excluding ortho intramolecular Hbond substituents is 1. The van der Waals surface area contributed by atoms with Crippen molar-refractivity contribution in [1.82, 2.24) is 19.9 Å². The summed E-state index contributed by atoms with van der Waals surface area (Å²) in [5.74, 6) is 1.41. The van der Waals surface area contributed by atoms with Crippen LogP contribution in [0.15, 0.2) is 30.5 Å². The number of aromatic nitrogens is 3. The molecule has 0 amide bonds. The van der Waals surface area contributed by atoms with Gasteiger partial charge in [-0.1, -0.05) is 18.1 Å². The van der Waals surface area contributed by atoms with Gasteiger partial charge in [-0.05, 0) is 49.4 Å². The number of aromatic hydroxyl groups is 1. The van der Waals surface area contributed by atoms with Crippen molar-refractivity contribution in [2.75, 3.05) is 44.3 Å². The predicted octanol–water partition coefficient (Wildman–Crippen LogP) is 5.11. The molecular weight excluding hydrogens is 583 g/mol. The first-order chi connectivity index (χ1) is 22.5. The molecule has 8 nitrogen and oxygen atoms in total. The number of halogens is 3. The Labute approximate surface area is 261 Å². The Hall–Kier alpha value is -4.14. The molecule has 0 radical (unpaired) electrons. The topological polar surface area (TPSA) is 83.8 Å². The number of terminal acetylenes is 1. The van der Waals surface area contributed by atoms with E-state index in [4.69, 9.17) is 18.6 Å². The van der Waals surface area contributed by atoms with E-state index in [0.717, 1.165) is 5.56 Å². The van der Waals surface area contributed by atoms with Crippen molar-refractivity contribution in [3.63, 3.8) is 0 Å². The summed E-state index contributed by atoms with van der Waals surface area (Å²) in [7, 11) is 0. The number of ether oxygens (including phenoxy) is 2. The van der Waals surface area contributed by atoms with Crippen LogP contribution < -0.4 is 9.64 Å². The maximum Gasteiger partial charge on any atom is 0.319 e. The Bertz CT molecular complexity index is 1990. The third kappa shape index (κ3) is 4.49. The van der Waals surface area contributed by atoms with Crippen molar-refractivity contribution < 1.29 is 30.5 Å². The van der Waals surface area contributed by atoms with Crippen LogP contribution in [0.3, 0.4) is 0 Å². The predicted molar refractivity (Wildman–Crippen MR) is 163 cm³/mol. The van der Waals surface area contributed by atoms with Gasteiger partial charge in [-0.3, -0.25) is 9.88 Å². The third-order valence-corrected chi connectivity index (χ3v) is 9.74. The summed E-state index contributed by atoms with van der Waals surface area (Å²) in [5.41, 5.74) is -0.0852. The minimum absolute atomic E-state index is 0.0544. The van der Waals surface area contributed by atoms with Gasteiger partial charge in [-0.15, -0.1) is 6.42 Å². The van der Waals surface area contributed by atoms with Crippen molar-refractivity contribution in [3.8, 4) is 35.4 Å². The fourth-order valence-electron chi connectivity index (χ4n) is 7.49. The van der Waals surface area contributed by atoms with Crippen molar-refractivity contribution in [3.05, 3.63) is 47.4 Å². The number of aryl methyl sites for hydroxylation is 1. The molecule has 0 spiro atoms. The highest BCUT2D eigenvalue weighted by Gasteiger charge is 2.56. The fraction of sp³-hybridized carbons (Fsp3) is 0.441. The van der Waals surface area contributed by atoms with Gasteiger partial charge in [0, 0.05) is 48.1 Å². The van der Waals surface area contributed by atoms with Crippen LogP contribution in [-0.2, 0) is 4.74 Å². The van der Waals surface area contributed by atoms with Gasteiger partial charge in [0.05, 0.1) is 32.9 Å². The van der Waals surface area contributed by atoms with Crippen LogP contribution in [0, 0.1) is 31.0 Å². The van der Waals surface area contributed by atoms with E-state index in [0.29, 0.717) is 35.7 Å². The first kappa shape index (κ1) is 26.1. The zero-order valence-corrected chi connectivity index (χ0v) is 24.6. The molecule has 3 aliphatic heterocycles. The zero-order valence-electron chi connectivity index (χ0n) is 26.6. The van der Waals surface area contributed by atoms with Crippen LogP contribution in [0.5, 0.6) is 11.8 Å². The summed E-state index contributed by atoms with van der Waals surface area (Å²) in [4.78, 5) is 16.9. The summed E-state index contributed by atoms with van der Waals surface area (Å²) in [5, 5.41) is 11.9. The zero-order chi connectivity index (χ0) is 32.8. The number of pyridine rings is 1. The molecule has 5 heterocycles. The number of hydrogen-bond acceptors (Lipinski definition) is 8. The Kier molecular flexibility index (Phi) is 6.07. The molecule has 2 aromatic carbocycles. The second kappa shape index (κ2) is 10.5. The van der Waals surface area contributed by atoms with Gasteiger partial charge in [0.2, 0.25) is 0 Å². The molecule has 45 heavy (non-hydrogen) atoms. The Morgan fingerprint density at radius 3 is 2.98 bits per heavy atom. The van der Waals surface area contributed by atoms with Crippen LogP contribution in [0.2, 0.25) is 0 Å². The molecular formula is C34H32F3N5O3. The minimum atomic E-state index is -2.44. The summed E-state index contributed by atoms with van der Waals surface area (Å²) in [6.45, 7) is 0.779. The van der Waals surface area contributed by atoms with Crippen LogP contribution in [0.1, 0.15) is 33.1 Å². The van der Waals surface area contributed by atoms with Gasteiger partial charge in [-0.2, -0.15) is 9.97 Å². The monoisotopic (exact) mass is 617 g/mol. The summed E-state index contributed by atoms with van der Waals surface area (Å²) in [6.07, 6.45) is 5.86. The number of anilines is 1. The van der Waals surface area contributed by atoms with Crippen molar-refractivity contribution in [2.45, 2.75) is 50.1 Å². The van der Waals surface area contributed by atoms with Gasteiger partial charge >= 0.3 is 6.01 Å². The van der Waals surface area contributed by atoms with E-state index >= 15 is 4.39 Å². The maximum atomic E-state index is 16.9. The Morgan fingerprint density at radius 2 is 2.13 bits per heavy atom. The minimum Gasteiger partial charge on any atom is -0.508 e. The molecule has 232 valence electrons. The average molecular weight is 618 g/mol. The van der Waals surface area contributed by atoms with E-state index in [1.165, 1.54) is 18.3 Å². The highest BCUT2D eigenvalue weighted by Crippen LogP contribution is 2.46. The highest BCUT2D eigenvalue weighted by atomic mass is 19.1. The molecule has 3 saturated heterocycles. The standard InChI is InChI=1S/C34H32F3N5O3/c1-3-22-18(2)5-6-19-11-21(43)12-23(26(19)22)29-28(37)30-24(14-38-29)32(42-9-10-44-16-25-27(36)31(25)42)40-33(39-30)45-17-34-7-4-8-41(34)15-20(35)13-34/h1,5-6,11-12,14,20,25,27,31,43H,4,7-10,13,15-17H2,2H3/t20-,25+,27+,31+,34+/m1/s1/i17D2. The number of fused-ring (bicyclic) bond motifs is 4. The molecule has 1 aliphatic carbocycles. The molecule has 4 fully saturated rings. The number of benzene rings is 2. The average Bonchev–Trinajstić information content (AvgIpc) is 3.39. The lowest BCUT2D eigenvalue weighted by atomic mass is 9.93. The second-order valence-corrected chi connectivity index (χ2v) is 12.5.